The summed E-state index contributed by atoms with van der Waals surface area (Å²) >= 11 is 1.47. The molecule has 23 heavy (non-hydrogen) atoms. The molecule has 3 rings (SSSR count). The molecule has 1 fully saturated rings. The van der Waals surface area contributed by atoms with Crippen molar-refractivity contribution in [2.75, 3.05) is 26.7 Å². The Labute approximate surface area is 137 Å². The molecule has 0 spiro atoms. The molecule has 0 unspecified atom stereocenters. The van der Waals surface area contributed by atoms with Gasteiger partial charge in [-0.2, -0.15) is 0 Å². The van der Waals surface area contributed by atoms with Gasteiger partial charge in [0.05, 0.1) is 5.56 Å². The van der Waals surface area contributed by atoms with E-state index in [1.807, 2.05) is 18.9 Å². The lowest BCUT2D eigenvalue weighted by molar-refractivity contribution is -0.0466. The lowest BCUT2D eigenvalue weighted by Crippen LogP contribution is -2.60. The number of carbonyl (C=O) groups is 1. The first-order valence-electron chi connectivity index (χ1n) is 7.16. The molecule has 7 heteroatoms. The molecule has 0 radical (unpaired) electrons. The summed E-state index contributed by atoms with van der Waals surface area (Å²) in [5.41, 5.74) is -0.605. The number of hydrogen-bond acceptors (Lipinski definition) is 5. The van der Waals surface area contributed by atoms with Gasteiger partial charge >= 0.3 is 5.97 Å². The molecule has 1 aromatic carbocycles. The molecular weight excluding hydrogens is 319 g/mol. The number of likely N-dealkylation sites (tertiary alicyclic amines) is 1. The number of aromatic nitrogens is 1. The maximum Gasteiger partial charge on any atom is 0.335 e. The van der Waals surface area contributed by atoms with E-state index < -0.39 is 11.6 Å². The van der Waals surface area contributed by atoms with Gasteiger partial charge < -0.3 is 9.84 Å². The Balaban J connectivity index is 1.84. The van der Waals surface area contributed by atoms with Crippen molar-refractivity contribution in [1.29, 1.82) is 0 Å². The second-order valence-corrected chi connectivity index (χ2v) is 7.17. The van der Waals surface area contributed by atoms with Gasteiger partial charge in [0.25, 0.3) is 0 Å². The average molecular weight is 336 g/mol. The van der Waals surface area contributed by atoms with Crippen LogP contribution in [0.15, 0.2) is 24.4 Å². The maximum absolute atomic E-state index is 14.2. The van der Waals surface area contributed by atoms with Gasteiger partial charge in [0, 0.05) is 29.7 Å². The fourth-order valence-corrected chi connectivity index (χ4v) is 3.39. The average Bonchev–Trinajstić information content (AvgIpc) is 2.90. The number of aromatic carboxylic acids is 1. The molecule has 1 N–H and O–H groups in total. The Bertz CT molecular complexity index is 741. The summed E-state index contributed by atoms with van der Waals surface area (Å²) in [4.78, 5) is 18.5. The molecule has 0 aliphatic carbocycles. The SMILES string of the molecule is Cc1cnc(-c2cc(OCC3(F)CN(C)C3)cc(C(=O)O)c2)s1. The predicted molar refractivity (Wildman–Crippen MR) is 86.1 cm³/mol. The number of thiazole rings is 1. The first kappa shape index (κ1) is 15.9. The molecule has 1 saturated heterocycles. The van der Waals surface area contributed by atoms with Crippen molar-refractivity contribution in [2.24, 2.45) is 0 Å². The first-order valence-corrected chi connectivity index (χ1v) is 7.98. The van der Waals surface area contributed by atoms with Gasteiger partial charge in [0.1, 0.15) is 17.4 Å². The molecule has 0 amide bonds. The molecule has 122 valence electrons. The summed E-state index contributed by atoms with van der Waals surface area (Å²) in [5, 5.41) is 9.97. The van der Waals surface area contributed by atoms with Crippen LogP contribution in [-0.2, 0) is 0 Å². The second-order valence-electron chi connectivity index (χ2n) is 5.94. The smallest absolute Gasteiger partial charge is 0.335 e. The molecule has 2 aromatic rings. The third-order valence-electron chi connectivity index (χ3n) is 3.63. The van der Waals surface area contributed by atoms with E-state index in [1.165, 1.54) is 17.4 Å². The van der Waals surface area contributed by atoms with E-state index in [0.29, 0.717) is 29.4 Å². The van der Waals surface area contributed by atoms with Crippen LogP contribution in [0.5, 0.6) is 5.75 Å². The monoisotopic (exact) mass is 336 g/mol. The topological polar surface area (TPSA) is 62.7 Å². The van der Waals surface area contributed by atoms with E-state index in [1.54, 1.807) is 18.3 Å². The largest absolute Gasteiger partial charge is 0.490 e. The zero-order chi connectivity index (χ0) is 16.6. The van der Waals surface area contributed by atoms with Gasteiger partial charge in [-0.1, -0.05) is 0 Å². The second kappa shape index (κ2) is 5.90. The molecule has 0 bridgehead atoms. The summed E-state index contributed by atoms with van der Waals surface area (Å²) in [7, 11) is 1.84. The number of aryl methyl sites for hydroxylation is 1. The van der Waals surface area contributed by atoms with Gasteiger partial charge in [-0.05, 0) is 32.2 Å². The highest BCUT2D eigenvalue weighted by Crippen LogP contribution is 2.31. The minimum absolute atomic E-state index is 0.0866. The van der Waals surface area contributed by atoms with Crippen molar-refractivity contribution >= 4 is 17.3 Å². The summed E-state index contributed by atoms with van der Waals surface area (Å²) in [5.74, 6) is -0.706. The number of nitrogens with zero attached hydrogens (tertiary/aromatic N) is 2. The van der Waals surface area contributed by atoms with Crippen LogP contribution in [-0.4, -0.2) is 53.4 Å². The van der Waals surface area contributed by atoms with Crippen molar-refractivity contribution < 1.29 is 19.0 Å². The van der Waals surface area contributed by atoms with E-state index in [-0.39, 0.29) is 12.2 Å². The van der Waals surface area contributed by atoms with Crippen molar-refractivity contribution in [3.05, 3.63) is 34.8 Å². The molecule has 1 aromatic heterocycles. The van der Waals surface area contributed by atoms with Crippen LogP contribution in [0.3, 0.4) is 0 Å². The number of ether oxygens (including phenoxy) is 1. The fourth-order valence-electron chi connectivity index (χ4n) is 2.64. The minimum atomic E-state index is -1.37. The van der Waals surface area contributed by atoms with Gasteiger partial charge in [-0.15, -0.1) is 11.3 Å². The summed E-state index contributed by atoms with van der Waals surface area (Å²) in [6.07, 6.45) is 1.73. The molecule has 5 nitrogen and oxygen atoms in total. The lowest BCUT2D eigenvalue weighted by atomic mass is 9.98. The standard InChI is InChI=1S/C16H17FN2O3S/c1-10-6-18-14(23-10)11-3-12(15(20)21)5-13(4-11)22-9-16(17)7-19(2)8-16/h3-6H,7-9H2,1-2H3,(H,20,21). The van der Waals surface area contributed by atoms with Gasteiger partial charge in [-0.25, -0.2) is 14.2 Å². The van der Waals surface area contributed by atoms with Gasteiger partial charge in [0.15, 0.2) is 5.67 Å². The Morgan fingerprint density at radius 3 is 2.78 bits per heavy atom. The van der Waals surface area contributed by atoms with E-state index in [2.05, 4.69) is 4.98 Å². The summed E-state index contributed by atoms with van der Waals surface area (Å²) in [6, 6.07) is 4.67. The van der Waals surface area contributed by atoms with Crippen LogP contribution >= 0.6 is 11.3 Å². The maximum atomic E-state index is 14.2. The number of halogens is 1. The molecule has 0 saturated carbocycles. The quantitative estimate of drug-likeness (QED) is 0.910. The van der Waals surface area contributed by atoms with E-state index >= 15 is 0 Å². The zero-order valence-corrected chi connectivity index (χ0v) is 13.7. The molecule has 1 aliphatic rings. The highest BCUT2D eigenvalue weighted by Gasteiger charge is 2.42. The zero-order valence-electron chi connectivity index (χ0n) is 12.9. The molecular formula is C16H17FN2O3S. The van der Waals surface area contributed by atoms with Crippen LogP contribution in [0.2, 0.25) is 0 Å². The minimum Gasteiger partial charge on any atom is -0.490 e. The predicted octanol–water partition coefficient (Wildman–Crippen LogP) is 2.85. The Morgan fingerprint density at radius 1 is 1.48 bits per heavy atom. The molecule has 0 atom stereocenters. The van der Waals surface area contributed by atoms with Gasteiger partial charge in [-0.3, -0.25) is 4.90 Å². The van der Waals surface area contributed by atoms with Crippen LogP contribution in [0.25, 0.3) is 10.6 Å². The third kappa shape index (κ3) is 3.51. The van der Waals surface area contributed by atoms with Crippen molar-refractivity contribution in [3.63, 3.8) is 0 Å². The van der Waals surface area contributed by atoms with E-state index in [9.17, 15) is 14.3 Å². The third-order valence-corrected chi connectivity index (χ3v) is 4.59. The summed E-state index contributed by atoms with van der Waals surface area (Å²) in [6.45, 7) is 2.49. The van der Waals surface area contributed by atoms with Gasteiger partial charge in [0.2, 0.25) is 0 Å². The number of benzene rings is 1. The first-order chi connectivity index (χ1) is 10.8. The molecule has 1 aliphatic heterocycles. The highest BCUT2D eigenvalue weighted by molar-refractivity contribution is 7.14. The van der Waals surface area contributed by atoms with Crippen LogP contribution in [0.4, 0.5) is 4.39 Å². The molecule has 2 heterocycles. The number of hydrogen-bond donors (Lipinski definition) is 1. The number of carboxylic acids is 1. The van der Waals surface area contributed by atoms with Crippen molar-refractivity contribution in [2.45, 2.75) is 12.6 Å². The summed E-state index contributed by atoms with van der Waals surface area (Å²) < 4.78 is 19.8. The van der Waals surface area contributed by atoms with E-state index in [4.69, 9.17) is 4.74 Å². The Morgan fingerprint density at radius 2 is 2.22 bits per heavy atom. The number of rotatable bonds is 5. The number of alkyl halides is 1. The van der Waals surface area contributed by atoms with Crippen LogP contribution in [0.1, 0.15) is 15.2 Å². The van der Waals surface area contributed by atoms with Crippen LogP contribution < -0.4 is 4.74 Å². The van der Waals surface area contributed by atoms with Crippen molar-refractivity contribution in [3.8, 4) is 16.3 Å². The normalized spacial score (nSPS) is 16.8. The van der Waals surface area contributed by atoms with E-state index in [0.717, 1.165) is 4.88 Å². The number of carboxylic acid groups (broad SMARTS) is 1. The van der Waals surface area contributed by atoms with Crippen LogP contribution in [0, 0.1) is 6.92 Å². The Kier molecular flexibility index (Phi) is 4.08. The fraction of sp³-hybridized carbons (Fsp3) is 0.375. The lowest BCUT2D eigenvalue weighted by Gasteiger charge is -2.41. The van der Waals surface area contributed by atoms with Crippen molar-refractivity contribution in [1.82, 2.24) is 9.88 Å². The Hall–Kier alpha value is -1.99. The highest BCUT2D eigenvalue weighted by atomic mass is 32.1.